The van der Waals surface area contributed by atoms with Gasteiger partial charge in [-0.3, -0.25) is 4.79 Å². The van der Waals surface area contributed by atoms with Crippen LogP contribution in [-0.2, 0) is 16.0 Å². The lowest BCUT2D eigenvalue weighted by Crippen LogP contribution is -2.15. The number of carbonyl (C=O) groups excluding carboxylic acids is 2. The van der Waals surface area contributed by atoms with Crippen molar-refractivity contribution in [3.05, 3.63) is 51.5 Å². The zero-order valence-corrected chi connectivity index (χ0v) is 13.4. The first-order valence-corrected chi connectivity index (χ1v) is 8.30. The van der Waals surface area contributed by atoms with Gasteiger partial charge in [0.25, 0.3) is 0 Å². The van der Waals surface area contributed by atoms with Gasteiger partial charge in [-0.2, -0.15) is 0 Å². The van der Waals surface area contributed by atoms with Crippen molar-refractivity contribution in [3.63, 3.8) is 0 Å². The van der Waals surface area contributed by atoms with Gasteiger partial charge in [-0.25, -0.2) is 4.79 Å². The van der Waals surface area contributed by atoms with Crippen molar-refractivity contribution in [1.82, 2.24) is 0 Å². The molecule has 0 fully saturated rings. The molecule has 2 aromatic heterocycles. The molecule has 0 saturated carbocycles. The Balaban J connectivity index is 1.94. The van der Waals surface area contributed by atoms with E-state index in [1.807, 2.05) is 41.8 Å². The van der Waals surface area contributed by atoms with Gasteiger partial charge in [0.1, 0.15) is 4.88 Å². The van der Waals surface area contributed by atoms with E-state index in [9.17, 15) is 9.59 Å². The summed E-state index contributed by atoms with van der Waals surface area (Å²) in [5.41, 5.74) is 0.536. The summed E-state index contributed by atoms with van der Waals surface area (Å²) in [6.45, 7) is 0. The average molecular weight is 331 g/mol. The van der Waals surface area contributed by atoms with E-state index in [-0.39, 0.29) is 5.91 Å². The maximum Gasteiger partial charge on any atom is 0.350 e. The standard InChI is InChI=1S/C16H13NO3S2/c1-20-16(19)15-14(11-6-2-3-7-12(11)22-15)17-13(18)9-10-5-4-8-21-10/h2-8H,9H2,1H3,(H,17,18). The number of amides is 1. The Morgan fingerprint density at radius 2 is 2.00 bits per heavy atom. The fourth-order valence-corrected chi connectivity index (χ4v) is 3.94. The van der Waals surface area contributed by atoms with Crippen LogP contribution in [-0.4, -0.2) is 19.0 Å². The Morgan fingerprint density at radius 3 is 2.73 bits per heavy atom. The summed E-state index contributed by atoms with van der Waals surface area (Å²) in [5, 5.41) is 5.65. The molecule has 0 bridgehead atoms. The van der Waals surface area contributed by atoms with Gasteiger partial charge >= 0.3 is 5.97 Å². The summed E-state index contributed by atoms with van der Waals surface area (Å²) < 4.78 is 5.76. The zero-order valence-electron chi connectivity index (χ0n) is 11.8. The number of carbonyl (C=O) groups is 2. The van der Waals surface area contributed by atoms with Crippen LogP contribution in [0, 0.1) is 0 Å². The van der Waals surface area contributed by atoms with Gasteiger partial charge < -0.3 is 10.1 Å². The maximum atomic E-state index is 12.2. The fourth-order valence-electron chi connectivity index (χ4n) is 2.16. The van der Waals surface area contributed by atoms with Crippen molar-refractivity contribution >= 4 is 50.3 Å². The third kappa shape index (κ3) is 2.88. The number of hydrogen-bond donors (Lipinski definition) is 1. The second-order valence-electron chi connectivity index (χ2n) is 4.60. The van der Waals surface area contributed by atoms with Crippen LogP contribution >= 0.6 is 22.7 Å². The van der Waals surface area contributed by atoms with E-state index < -0.39 is 5.97 Å². The molecule has 0 saturated heterocycles. The highest BCUT2D eigenvalue weighted by atomic mass is 32.1. The number of benzene rings is 1. The van der Waals surface area contributed by atoms with Crippen molar-refractivity contribution in [2.75, 3.05) is 12.4 Å². The van der Waals surface area contributed by atoms with E-state index in [2.05, 4.69) is 5.32 Å². The molecule has 0 aliphatic rings. The number of esters is 1. The summed E-state index contributed by atoms with van der Waals surface area (Å²) in [5.74, 6) is -0.580. The van der Waals surface area contributed by atoms with E-state index in [4.69, 9.17) is 4.74 Å². The Kier molecular flexibility index (Phi) is 4.22. The second-order valence-corrected chi connectivity index (χ2v) is 6.68. The Morgan fingerprint density at radius 1 is 1.18 bits per heavy atom. The van der Waals surface area contributed by atoms with Crippen LogP contribution in [0.4, 0.5) is 5.69 Å². The van der Waals surface area contributed by atoms with Gasteiger partial charge in [-0.05, 0) is 17.5 Å². The summed E-state index contributed by atoms with van der Waals surface area (Å²) in [7, 11) is 1.34. The van der Waals surface area contributed by atoms with E-state index in [0.29, 0.717) is 17.0 Å². The number of hydrogen-bond acceptors (Lipinski definition) is 5. The Hall–Kier alpha value is -2.18. The quantitative estimate of drug-likeness (QED) is 0.737. The smallest absolute Gasteiger partial charge is 0.350 e. The highest BCUT2D eigenvalue weighted by molar-refractivity contribution is 7.21. The molecule has 3 rings (SSSR count). The summed E-state index contributed by atoms with van der Waals surface area (Å²) >= 11 is 2.85. The molecule has 6 heteroatoms. The largest absolute Gasteiger partial charge is 0.465 e. The lowest BCUT2D eigenvalue weighted by Gasteiger charge is -2.06. The molecule has 0 radical (unpaired) electrons. The van der Waals surface area contributed by atoms with Crippen molar-refractivity contribution in [2.45, 2.75) is 6.42 Å². The third-order valence-corrected chi connectivity index (χ3v) is 5.17. The second kappa shape index (κ2) is 6.29. The van der Waals surface area contributed by atoms with Crippen LogP contribution in [0.1, 0.15) is 14.5 Å². The molecule has 4 nitrogen and oxygen atoms in total. The summed E-state index contributed by atoms with van der Waals surface area (Å²) in [6, 6.07) is 11.4. The van der Waals surface area contributed by atoms with Crippen LogP contribution in [0.5, 0.6) is 0 Å². The van der Waals surface area contributed by atoms with Crippen LogP contribution in [0.3, 0.4) is 0 Å². The van der Waals surface area contributed by atoms with Gasteiger partial charge in [0.15, 0.2) is 0 Å². The van der Waals surface area contributed by atoms with Crippen LogP contribution in [0.15, 0.2) is 41.8 Å². The number of fused-ring (bicyclic) bond motifs is 1. The van der Waals surface area contributed by atoms with Crippen LogP contribution < -0.4 is 5.32 Å². The number of nitrogens with one attached hydrogen (secondary N) is 1. The number of methoxy groups -OCH3 is 1. The minimum absolute atomic E-state index is 0.142. The molecule has 0 spiro atoms. The van der Waals surface area contributed by atoms with Gasteiger partial charge in [0.05, 0.1) is 19.2 Å². The number of thiophene rings is 2. The fraction of sp³-hybridized carbons (Fsp3) is 0.125. The molecule has 1 N–H and O–H groups in total. The SMILES string of the molecule is COC(=O)c1sc2ccccc2c1NC(=O)Cc1cccs1. The van der Waals surface area contributed by atoms with Crippen molar-refractivity contribution in [3.8, 4) is 0 Å². The Bertz CT molecular complexity index is 821. The zero-order chi connectivity index (χ0) is 15.5. The van der Waals surface area contributed by atoms with Crippen molar-refractivity contribution in [1.29, 1.82) is 0 Å². The highest BCUT2D eigenvalue weighted by Crippen LogP contribution is 2.36. The highest BCUT2D eigenvalue weighted by Gasteiger charge is 2.20. The van der Waals surface area contributed by atoms with Gasteiger partial charge in [0.2, 0.25) is 5.91 Å². The summed E-state index contributed by atoms with van der Waals surface area (Å²) in [6.07, 6.45) is 0.294. The van der Waals surface area contributed by atoms with Gasteiger partial charge in [0, 0.05) is 15.0 Å². The minimum atomic E-state index is -0.437. The molecular weight excluding hydrogens is 318 g/mol. The molecule has 0 aliphatic carbocycles. The average Bonchev–Trinajstić information content (AvgIpc) is 3.15. The number of ether oxygens (including phenoxy) is 1. The molecule has 2 heterocycles. The van der Waals surface area contributed by atoms with Crippen molar-refractivity contribution < 1.29 is 14.3 Å². The molecule has 0 atom stereocenters. The predicted octanol–water partition coefficient (Wildman–Crippen LogP) is 3.93. The van der Waals surface area contributed by atoms with E-state index in [1.165, 1.54) is 29.8 Å². The molecule has 1 aromatic carbocycles. The molecular formula is C16H13NO3S2. The Labute approximate surface area is 135 Å². The minimum Gasteiger partial charge on any atom is -0.465 e. The van der Waals surface area contributed by atoms with Crippen LogP contribution in [0.2, 0.25) is 0 Å². The van der Waals surface area contributed by atoms with Crippen molar-refractivity contribution in [2.24, 2.45) is 0 Å². The molecule has 0 unspecified atom stereocenters. The molecule has 3 aromatic rings. The molecule has 1 amide bonds. The topological polar surface area (TPSA) is 55.4 Å². The first-order chi connectivity index (χ1) is 10.7. The van der Waals surface area contributed by atoms with E-state index in [1.54, 1.807) is 0 Å². The first kappa shape index (κ1) is 14.7. The van der Waals surface area contributed by atoms with Gasteiger partial charge in [-0.1, -0.05) is 24.3 Å². The number of rotatable bonds is 4. The van der Waals surface area contributed by atoms with Gasteiger partial charge in [-0.15, -0.1) is 22.7 Å². The lowest BCUT2D eigenvalue weighted by molar-refractivity contribution is -0.115. The molecule has 0 aliphatic heterocycles. The maximum absolute atomic E-state index is 12.2. The molecule has 22 heavy (non-hydrogen) atoms. The van der Waals surface area contributed by atoms with E-state index >= 15 is 0 Å². The predicted molar refractivity (Wildman–Crippen MR) is 89.8 cm³/mol. The summed E-state index contributed by atoms with van der Waals surface area (Å²) in [4.78, 5) is 25.6. The third-order valence-electron chi connectivity index (χ3n) is 3.15. The first-order valence-electron chi connectivity index (χ1n) is 6.61. The monoisotopic (exact) mass is 331 g/mol. The molecule has 112 valence electrons. The lowest BCUT2D eigenvalue weighted by atomic mass is 10.2. The number of anilines is 1. The normalized spacial score (nSPS) is 10.6. The van der Waals surface area contributed by atoms with Crippen LogP contribution in [0.25, 0.3) is 10.1 Å². The van der Waals surface area contributed by atoms with E-state index in [0.717, 1.165) is 15.0 Å².